The van der Waals surface area contributed by atoms with Crippen LogP contribution in [0.2, 0.25) is 0 Å². The number of carbonyl (C=O) groups excluding carboxylic acids is 1. The van der Waals surface area contributed by atoms with Crippen LogP contribution in [-0.4, -0.2) is 36.9 Å². The Balaban J connectivity index is 1.78. The number of hydrogen-bond acceptors (Lipinski definition) is 4. The molecule has 1 aliphatic carbocycles. The van der Waals surface area contributed by atoms with Crippen LogP contribution in [0.15, 0.2) is 18.3 Å². The van der Waals surface area contributed by atoms with Gasteiger partial charge in [0.25, 0.3) is 0 Å². The summed E-state index contributed by atoms with van der Waals surface area (Å²) in [4.78, 5) is 18.3. The fraction of sp³-hybridized carbons (Fsp3) is 0.467. The summed E-state index contributed by atoms with van der Waals surface area (Å²) in [7, 11) is 2.03. The third-order valence-electron chi connectivity index (χ3n) is 4.05. The number of ketones is 1. The first-order valence-corrected chi connectivity index (χ1v) is 6.88. The minimum Gasteiger partial charge on any atom is -0.370 e. The molecule has 1 N–H and O–H groups in total. The molecule has 1 fully saturated rings. The van der Waals surface area contributed by atoms with E-state index in [1.165, 1.54) is 0 Å². The SMILES string of the molecule is CNC1CCN(c2cnc3c(c2)CC(=O)C=C3)CC1. The van der Waals surface area contributed by atoms with Gasteiger partial charge in [0.15, 0.2) is 5.78 Å². The van der Waals surface area contributed by atoms with Crippen molar-refractivity contribution in [2.24, 2.45) is 0 Å². The van der Waals surface area contributed by atoms with Crippen LogP contribution in [0.1, 0.15) is 24.1 Å². The smallest absolute Gasteiger partial charge is 0.160 e. The Morgan fingerprint density at radius 1 is 1.32 bits per heavy atom. The highest BCUT2D eigenvalue weighted by molar-refractivity contribution is 5.98. The third kappa shape index (κ3) is 2.54. The zero-order chi connectivity index (χ0) is 13.2. The number of fused-ring (bicyclic) bond motifs is 1. The summed E-state index contributed by atoms with van der Waals surface area (Å²) < 4.78 is 0. The maximum atomic E-state index is 11.5. The molecule has 0 bridgehead atoms. The summed E-state index contributed by atoms with van der Waals surface area (Å²) in [6.45, 7) is 2.10. The summed E-state index contributed by atoms with van der Waals surface area (Å²) in [6.07, 6.45) is 8.17. The minimum atomic E-state index is 0.167. The lowest BCUT2D eigenvalue weighted by atomic mass is 10.00. The molecule has 100 valence electrons. The maximum absolute atomic E-state index is 11.5. The molecular weight excluding hydrogens is 238 g/mol. The lowest BCUT2D eigenvalue weighted by Crippen LogP contribution is -2.41. The second-order valence-corrected chi connectivity index (χ2v) is 5.26. The van der Waals surface area contributed by atoms with E-state index >= 15 is 0 Å². The highest BCUT2D eigenvalue weighted by Gasteiger charge is 2.20. The van der Waals surface area contributed by atoms with Gasteiger partial charge in [0.2, 0.25) is 0 Å². The van der Waals surface area contributed by atoms with Crippen molar-refractivity contribution in [1.82, 2.24) is 10.3 Å². The molecule has 0 unspecified atom stereocenters. The van der Waals surface area contributed by atoms with Crippen LogP contribution in [0.5, 0.6) is 0 Å². The van der Waals surface area contributed by atoms with Crippen molar-refractivity contribution in [3.63, 3.8) is 0 Å². The van der Waals surface area contributed by atoms with Gasteiger partial charge in [-0.2, -0.15) is 0 Å². The molecule has 0 spiro atoms. The molecular formula is C15H19N3O. The first-order chi connectivity index (χ1) is 9.26. The van der Waals surface area contributed by atoms with Gasteiger partial charge in [-0.3, -0.25) is 9.78 Å². The minimum absolute atomic E-state index is 0.167. The van der Waals surface area contributed by atoms with Crippen LogP contribution in [0.25, 0.3) is 6.08 Å². The van der Waals surface area contributed by atoms with Crippen LogP contribution in [0.3, 0.4) is 0 Å². The quantitative estimate of drug-likeness (QED) is 0.870. The van der Waals surface area contributed by atoms with E-state index in [2.05, 4.69) is 21.3 Å². The first kappa shape index (κ1) is 12.4. The Hall–Kier alpha value is -1.68. The van der Waals surface area contributed by atoms with Crippen molar-refractivity contribution < 1.29 is 4.79 Å². The number of carbonyl (C=O) groups is 1. The van der Waals surface area contributed by atoms with Crippen LogP contribution in [0, 0.1) is 0 Å². The fourth-order valence-electron chi connectivity index (χ4n) is 2.82. The molecule has 2 aliphatic rings. The molecule has 1 saturated heterocycles. The number of hydrogen-bond donors (Lipinski definition) is 1. The van der Waals surface area contributed by atoms with Crippen molar-refractivity contribution in [1.29, 1.82) is 0 Å². The Morgan fingerprint density at radius 3 is 2.84 bits per heavy atom. The number of nitrogens with one attached hydrogen (secondary N) is 1. The molecule has 1 aromatic rings. The highest BCUT2D eigenvalue weighted by atomic mass is 16.1. The van der Waals surface area contributed by atoms with E-state index in [0.29, 0.717) is 12.5 Å². The average molecular weight is 257 g/mol. The van der Waals surface area contributed by atoms with Gasteiger partial charge in [0.1, 0.15) is 0 Å². The summed E-state index contributed by atoms with van der Waals surface area (Å²) in [5.74, 6) is 0.167. The summed E-state index contributed by atoms with van der Waals surface area (Å²) >= 11 is 0. The number of pyridine rings is 1. The molecule has 0 amide bonds. The molecule has 1 aromatic heterocycles. The van der Waals surface area contributed by atoms with Gasteiger partial charge in [0, 0.05) is 25.6 Å². The van der Waals surface area contributed by atoms with Crippen molar-refractivity contribution in [3.05, 3.63) is 29.6 Å². The molecule has 2 heterocycles. The van der Waals surface area contributed by atoms with E-state index in [4.69, 9.17) is 0 Å². The molecule has 0 atom stereocenters. The molecule has 0 aromatic carbocycles. The Morgan fingerprint density at radius 2 is 2.11 bits per heavy atom. The normalized spacial score (nSPS) is 19.6. The van der Waals surface area contributed by atoms with Gasteiger partial charge in [-0.05, 0) is 43.7 Å². The number of allylic oxidation sites excluding steroid dienone is 1. The van der Waals surface area contributed by atoms with Crippen molar-refractivity contribution in [2.45, 2.75) is 25.3 Å². The fourth-order valence-corrected chi connectivity index (χ4v) is 2.82. The maximum Gasteiger partial charge on any atom is 0.160 e. The molecule has 1 aliphatic heterocycles. The molecule has 0 saturated carbocycles. The number of nitrogens with zero attached hydrogens (tertiary/aromatic N) is 2. The Bertz CT molecular complexity index is 516. The standard InChI is InChI=1S/C15H19N3O/c1-16-12-4-6-18(7-5-12)13-8-11-9-14(19)2-3-15(11)17-10-13/h2-3,8,10,12,16H,4-7,9H2,1H3. The Kier molecular flexibility index (Phi) is 3.34. The van der Waals surface area contributed by atoms with Crippen LogP contribution in [-0.2, 0) is 11.2 Å². The molecule has 3 rings (SSSR count). The lowest BCUT2D eigenvalue weighted by molar-refractivity contribution is -0.114. The molecule has 19 heavy (non-hydrogen) atoms. The predicted octanol–water partition coefficient (Wildman–Crippen LogP) is 1.41. The predicted molar refractivity (Wildman–Crippen MR) is 76.3 cm³/mol. The van der Waals surface area contributed by atoms with Crippen LogP contribution >= 0.6 is 0 Å². The zero-order valence-electron chi connectivity index (χ0n) is 11.2. The monoisotopic (exact) mass is 257 g/mol. The highest BCUT2D eigenvalue weighted by Crippen LogP contribution is 2.24. The molecule has 4 nitrogen and oxygen atoms in total. The summed E-state index contributed by atoms with van der Waals surface area (Å²) in [5, 5.41) is 3.34. The van der Waals surface area contributed by atoms with E-state index in [0.717, 1.165) is 42.9 Å². The van der Waals surface area contributed by atoms with E-state index in [-0.39, 0.29) is 5.78 Å². The van der Waals surface area contributed by atoms with Gasteiger partial charge < -0.3 is 10.2 Å². The van der Waals surface area contributed by atoms with Gasteiger partial charge >= 0.3 is 0 Å². The lowest BCUT2D eigenvalue weighted by Gasteiger charge is -2.33. The third-order valence-corrected chi connectivity index (χ3v) is 4.05. The Labute approximate surface area is 113 Å². The van der Waals surface area contributed by atoms with Crippen molar-refractivity contribution in [3.8, 4) is 0 Å². The van der Waals surface area contributed by atoms with E-state index < -0.39 is 0 Å². The second-order valence-electron chi connectivity index (χ2n) is 5.26. The topological polar surface area (TPSA) is 45.2 Å². The van der Waals surface area contributed by atoms with Gasteiger partial charge in [0.05, 0.1) is 17.6 Å². The number of piperidine rings is 1. The number of aromatic nitrogens is 1. The zero-order valence-corrected chi connectivity index (χ0v) is 11.2. The molecule has 0 radical (unpaired) electrons. The first-order valence-electron chi connectivity index (χ1n) is 6.88. The average Bonchev–Trinajstić information content (AvgIpc) is 2.46. The van der Waals surface area contributed by atoms with Crippen molar-refractivity contribution >= 4 is 17.5 Å². The number of anilines is 1. The summed E-state index contributed by atoms with van der Waals surface area (Å²) in [5.41, 5.74) is 3.14. The molecule has 4 heteroatoms. The van der Waals surface area contributed by atoms with Gasteiger partial charge in [-0.25, -0.2) is 0 Å². The van der Waals surface area contributed by atoms with E-state index in [9.17, 15) is 4.79 Å². The van der Waals surface area contributed by atoms with Gasteiger partial charge in [-0.1, -0.05) is 0 Å². The largest absolute Gasteiger partial charge is 0.370 e. The van der Waals surface area contributed by atoms with Crippen LogP contribution in [0.4, 0.5) is 5.69 Å². The summed E-state index contributed by atoms with van der Waals surface area (Å²) in [6, 6.07) is 2.76. The van der Waals surface area contributed by atoms with Crippen molar-refractivity contribution in [2.75, 3.05) is 25.0 Å². The van der Waals surface area contributed by atoms with Crippen LogP contribution < -0.4 is 10.2 Å². The van der Waals surface area contributed by atoms with E-state index in [1.807, 2.05) is 19.3 Å². The number of rotatable bonds is 2. The second kappa shape index (κ2) is 5.13. The van der Waals surface area contributed by atoms with E-state index in [1.54, 1.807) is 6.08 Å². The van der Waals surface area contributed by atoms with Gasteiger partial charge in [-0.15, -0.1) is 0 Å².